The second-order valence-corrected chi connectivity index (χ2v) is 4.87. The van der Waals surface area contributed by atoms with Gasteiger partial charge in [0.1, 0.15) is 17.0 Å². The lowest BCUT2D eigenvalue weighted by atomic mass is 10.0. The van der Waals surface area contributed by atoms with Crippen LogP contribution in [0, 0.1) is 0 Å². The van der Waals surface area contributed by atoms with Crippen LogP contribution in [-0.4, -0.2) is 20.1 Å². The zero-order valence-electron chi connectivity index (χ0n) is 10.7. The minimum atomic E-state index is -0.492. The predicted octanol–water partition coefficient (Wildman–Crippen LogP) is 1.70. The van der Waals surface area contributed by atoms with Crippen molar-refractivity contribution in [3.8, 4) is 5.75 Å². The number of hydrogen-bond donors (Lipinski definition) is 0. The summed E-state index contributed by atoms with van der Waals surface area (Å²) in [6.07, 6.45) is 8.07. The van der Waals surface area contributed by atoms with Gasteiger partial charge >= 0.3 is 0 Å². The summed E-state index contributed by atoms with van der Waals surface area (Å²) in [4.78, 5) is 20.1. The van der Waals surface area contributed by atoms with Crippen molar-refractivity contribution in [2.24, 2.45) is 0 Å². The van der Waals surface area contributed by atoms with Gasteiger partial charge in [0, 0.05) is 18.6 Å². The molecule has 0 aromatic carbocycles. The molecule has 96 valence electrons. The Balaban J connectivity index is 2.27. The monoisotopic (exact) mass is 255 g/mol. The summed E-state index contributed by atoms with van der Waals surface area (Å²) < 4.78 is 7.37. The first-order valence-corrected chi connectivity index (χ1v) is 5.97. The molecule has 3 heterocycles. The van der Waals surface area contributed by atoms with Crippen molar-refractivity contribution in [2.75, 3.05) is 0 Å². The number of fused-ring (bicyclic) bond motifs is 1. The smallest absolute Gasteiger partial charge is 0.273 e. The molecular weight excluding hydrogens is 242 g/mol. The minimum Gasteiger partial charge on any atom is -0.481 e. The average Bonchev–Trinajstić information content (AvgIpc) is 2.37. The molecule has 0 atom stereocenters. The van der Waals surface area contributed by atoms with Crippen LogP contribution in [0.15, 0.2) is 47.8 Å². The van der Waals surface area contributed by atoms with E-state index in [0.29, 0.717) is 11.4 Å². The fourth-order valence-electron chi connectivity index (χ4n) is 2.11. The van der Waals surface area contributed by atoms with Crippen LogP contribution in [0.2, 0.25) is 0 Å². The number of ether oxygens (including phenoxy) is 1. The van der Waals surface area contributed by atoms with Gasteiger partial charge in [-0.05, 0) is 32.1 Å². The van der Waals surface area contributed by atoms with E-state index in [4.69, 9.17) is 4.74 Å². The first-order chi connectivity index (χ1) is 9.07. The van der Waals surface area contributed by atoms with E-state index in [1.165, 1.54) is 10.8 Å². The third-order valence-corrected chi connectivity index (χ3v) is 2.85. The Hall–Kier alpha value is -2.43. The SMILES string of the molecule is CC1(C)C=C(n2ccncc2=O)c2ncccc2O1. The van der Waals surface area contributed by atoms with E-state index >= 15 is 0 Å². The summed E-state index contributed by atoms with van der Waals surface area (Å²) in [5.74, 6) is 0.675. The van der Waals surface area contributed by atoms with Crippen LogP contribution in [0.4, 0.5) is 0 Å². The summed E-state index contributed by atoms with van der Waals surface area (Å²) in [5, 5.41) is 0. The van der Waals surface area contributed by atoms with Gasteiger partial charge in [0.2, 0.25) is 0 Å². The normalized spacial score (nSPS) is 16.2. The molecule has 0 radical (unpaired) electrons. The predicted molar refractivity (Wildman–Crippen MR) is 70.8 cm³/mol. The average molecular weight is 255 g/mol. The van der Waals surface area contributed by atoms with E-state index in [-0.39, 0.29) is 5.56 Å². The van der Waals surface area contributed by atoms with Crippen molar-refractivity contribution in [2.45, 2.75) is 19.4 Å². The highest BCUT2D eigenvalue weighted by molar-refractivity contribution is 5.70. The van der Waals surface area contributed by atoms with Gasteiger partial charge in [-0.25, -0.2) is 0 Å². The fraction of sp³-hybridized carbons (Fsp3) is 0.214. The maximum Gasteiger partial charge on any atom is 0.273 e. The standard InChI is InChI=1S/C14H13N3O2/c1-14(2)8-10(17-7-6-15-9-12(17)18)13-11(19-14)4-3-5-16-13/h3-9H,1-2H3. The molecule has 3 rings (SSSR count). The molecule has 19 heavy (non-hydrogen) atoms. The summed E-state index contributed by atoms with van der Waals surface area (Å²) in [6.45, 7) is 3.88. The Bertz CT molecular complexity index is 716. The van der Waals surface area contributed by atoms with Gasteiger partial charge in [-0.1, -0.05) is 0 Å². The van der Waals surface area contributed by atoms with Gasteiger partial charge in [-0.15, -0.1) is 0 Å². The molecule has 0 amide bonds. The molecule has 0 N–H and O–H groups in total. The van der Waals surface area contributed by atoms with E-state index in [2.05, 4.69) is 9.97 Å². The van der Waals surface area contributed by atoms with Crippen LogP contribution in [0.25, 0.3) is 5.70 Å². The third kappa shape index (κ3) is 2.03. The number of aromatic nitrogens is 3. The summed E-state index contributed by atoms with van der Waals surface area (Å²) >= 11 is 0. The highest BCUT2D eigenvalue weighted by Crippen LogP contribution is 2.34. The van der Waals surface area contributed by atoms with Crippen LogP contribution in [-0.2, 0) is 0 Å². The van der Waals surface area contributed by atoms with Crippen molar-refractivity contribution >= 4 is 5.70 Å². The summed E-state index contributed by atoms with van der Waals surface area (Å²) in [7, 11) is 0. The van der Waals surface area contributed by atoms with Crippen LogP contribution < -0.4 is 10.3 Å². The van der Waals surface area contributed by atoms with Crippen LogP contribution in [0.1, 0.15) is 19.5 Å². The highest BCUT2D eigenvalue weighted by Gasteiger charge is 2.28. The first kappa shape index (κ1) is 11.6. The van der Waals surface area contributed by atoms with Crippen molar-refractivity contribution in [1.29, 1.82) is 0 Å². The molecule has 1 aliphatic rings. The largest absolute Gasteiger partial charge is 0.481 e. The maximum absolute atomic E-state index is 11.9. The first-order valence-electron chi connectivity index (χ1n) is 5.97. The molecule has 0 saturated carbocycles. The van der Waals surface area contributed by atoms with Crippen molar-refractivity contribution in [1.82, 2.24) is 14.5 Å². The molecule has 0 unspecified atom stereocenters. The Labute approximate surface area is 110 Å². The number of hydrogen-bond acceptors (Lipinski definition) is 4. The number of pyridine rings is 1. The van der Waals surface area contributed by atoms with Gasteiger partial charge in [0.05, 0.1) is 11.9 Å². The molecular formula is C14H13N3O2. The van der Waals surface area contributed by atoms with Gasteiger partial charge in [-0.3, -0.25) is 19.3 Å². The Kier molecular flexibility index (Phi) is 2.48. The molecule has 2 aromatic heterocycles. The molecule has 0 aliphatic carbocycles. The third-order valence-electron chi connectivity index (χ3n) is 2.85. The molecule has 5 heteroatoms. The molecule has 0 saturated heterocycles. The molecule has 5 nitrogen and oxygen atoms in total. The second kappa shape index (κ2) is 4.05. The topological polar surface area (TPSA) is 57.0 Å². The van der Waals surface area contributed by atoms with E-state index in [9.17, 15) is 4.79 Å². The molecule has 0 bridgehead atoms. The second-order valence-electron chi connectivity index (χ2n) is 4.87. The van der Waals surface area contributed by atoms with Crippen LogP contribution in [0.5, 0.6) is 5.75 Å². The Morgan fingerprint density at radius 1 is 1.32 bits per heavy atom. The lowest BCUT2D eigenvalue weighted by molar-refractivity contribution is 0.156. The van der Waals surface area contributed by atoms with Crippen LogP contribution in [0.3, 0.4) is 0 Å². The minimum absolute atomic E-state index is 0.192. The van der Waals surface area contributed by atoms with E-state index in [1.54, 1.807) is 18.6 Å². The highest BCUT2D eigenvalue weighted by atomic mass is 16.5. The van der Waals surface area contributed by atoms with E-state index in [0.717, 1.165) is 5.70 Å². The van der Waals surface area contributed by atoms with Crippen molar-refractivity contribution in [3.63, 3.8) is 0 Å². The van der Waals surface area contributed by atoms with Gasteiger partial charge in [0.15, 0.2) is 0 Å². The summed E-state index contributed by atoms with van der Waals surface area (Å²) in [6, 6.07) is 3.66. The summed E-state index contributed by atoms with van der Waals surface area (Å²) in [5.41, 5.74) is 0.700. The van der Waals surface area contributed by atoms with Gasteiger partial charge in [-0.2, -0.15) is 0 Å². The van der Waals surface area contributed by atoms with Gasteiger partial charge in [0.25, 0.3) is 5.56 Å². The number of rotatable bonds is 1. The number of nitrogens with zero attached hydrogens (tertiary/aromatic N) is 3. The fourth-order valence-corrected chi connectivity index (χ4v) is 2.11. The van der Waals surface area contributed by atoms with Crippen molar-refractivity contribution < 1.29 is 4.74 Å². The molecule has 1 aliphatic heterocycles. The Morgan fingerprint density at radius 2 is 2.16 bits per heavy atom. The zero-order chi connectivity index (χ0) is 13.5. The molecule has 0 fully saturated rings. The molecule has 2 aromatic rings. The Morgan fingerprint density at radius 3 is 2.95 bits per heavy atom. The van der Waals surface area contributed by atoms with Crippen molar-refractivity contribution in [3.05, 3.63) is 59.0 Å². The zero-order valence-corrected chi connectivity index (χ0v) is 10.7. The maximum atomic E-state index is 11.9. The molecule has 0 spiro atoms. The van der Waals surface area contributed by atoms with E-state index < -0.39 is 5.60 Å². The lowest BCUT2D eigenvalue weighted by Crippen LogP contribution is -2.32. The van der Waals surface area contributed by atoms with Crippen LogP contribution >= 0.6 is 0 Å². The lowest BCUT2D eigenvalue weighted by Gasteiger charge is -2.30. The van der Waals surface area contributed by atoms with Gasteiger partial charge < -0.3 is 4.74 Å². The van der Waals surface area contributed by atoms with E-state index in [1.807, 2.05) is 32.1 Å². The quantitative estimate of drug-likeness (QED) is 0.778.